The van der Waals surface area contributed by atoms with Gasteiger partial charge in [-0.2, -0.15) is 13.2 Å². The van der Waals surface area contributed by atoms with Crippen molar-refractivity contribution in [2.24, 2.45) is 0 Å². The molecule has 7 heteroatoms. The molecule has 0 radical (unpaired) electrons. The van der Waals surface area contributed by atoms with Crippen LogP contribution in [0.3, 0.4) is 0 Å². The zero-order chi connectivity index (χ0) is 18.1. The molecule has 4 rings (SSSR count). The van der Waals surface area contributed by atoms with E-state index in [0.717, 1.165) is 44.6 Å². The fraction of sp³-hybridized carbons (Fsp3) is 0.368. The van der Waals surface area contributed by atoms with Crippen LogP contribution in [0.2, 0.25) is 0 Å². The Bertz CT molecular complexity index is 881. The van der Waals surface area contributed by atoms with E-state index in [0.29, 0.717) is 11.0 Å². The number of rotatable bonds is 3. The monoisotopic (exact) mass is 360 g/mol. The predicted octanol–water partition coefficient (Wildman–Crippen LogP) is 4.29. The second kappa shape index (κ2) is 6.72. The van der Waals surface area contributed by atoms with Crippen LogP contribution in [-0.2, 0) is 12.7 Å². The standard InChI is InChI=1S/C19H19F3N4/c20-19(21,22)15-6-7-18-17(12-15)23-24-26(18)16-8-10-25(11-9-16)13-14-4-2-1-3-5-14/h1-7,12,16H,8-11,13H2. The van der Waals surface area contributed by atoms with Crippen molar-refractivity contribution in [1.82, 2.24) is 19.9 Å². The first-order valence-corrected chi connectivity index (χ1v) is 8.69. The van der Waals surface area contributed by atoms with Crippen molar-refractivity contribution in [1.29, 1.82) is 0 Å². The number of nitrogens with zero attached hydrogens (tertiary/aromatic N) is 4. The number of aromatic nitrogens is 3. The molecule has 3 aromatic rings. The highest BCUT2D eigenvalue weighted by Gasteiger charge is 2.31. The molecule has 1 aliphatic heterocycles. The Morgan fingerprint density at radius 2 is 1.73 bits per heavy atom. The summed E-state index contributed by atoms with van der Waals surface area (Å²) in [6.07, 6.45) is -2.54. The summed E-state index contributed by atoms with van der Waals surface area (Å²) in [4.78, 5) is 2.40. The molecule has 1 aromatic heterocycles. The third-order valence-electron chi connectivity index (χ3n) is 4.95. The van der Waals surface area contributed by atoms with Gasteiger partial charge in [0.1, 0.15) is 5.52 Å². The van der Waals surface area contributed by atoms with Crippen LogP contribution in [0.5, 0.6) is 0 Å². The van der Waals surface area contributed by atoms with Crippen molar-refractivity contribution in [2.45, 2.75) is 31.6 Å². The number of benzene rings is 2. The van der Waals surface area contributed by atoms with Gasteiger partial charge in [-0.1, -0.05) is 35.5 Å². The molecule has 136 valence electrons. The van der Waals surface area contributed by atoms with E-state index >= 15 is 0 Å². The minimum atomic E-state index is -4.36. The molecule has 0 spiro atoms. The second-order valence-corrected chi connectivity index (χ2v) is 6.73. The van der Waals surface area contributed by atoms with Gasteiger partial charge < -0.3 is 0 Å². The van der Waals surface area contributed by atoms with E-state index in [1.807, 2.05) is 18.2 Å². The maximum Gasteiger partial charge on any atom is 0.416 e. The molecule has 2 aromatic carbocycles. The summed E-state index contributed by atoms with van der Waals surface area (Å²) < 4.78 is 40.3. The summed E-state index contributed by atoms with van der Waals surface area (Å²) in [5.41, 5.74) is 1.57. The normalized spacial score (nSPS) is 17.0. The SMILES string of the molecule is FC(F)(F)c1ccc2c(c1)nnn2C1CCN(Cc2ccccc2)CC1. The summed E-state index contributed by atoms with van der Waals surface area (Å²) in [6, 6.07) is 14.2. The van der Waals surface area contributed by atoms with E-state index in [-0.39, 0.29) is 6.04 Å². The minimum absolute atomic E-state index is 0.170. The third kappa shape index (κ3) is 3.44. The Labute approximate surface area is 149 Å². The molecule has 1 fully saturated rings. The third-order valence-corrected chi connectivity index (χ3v) is 4.95. The van der Waals surface area contributed by atoms with Gasteiger partial charge in [0.25, 0.3) is 0 Å². The van der Waals surface area contributed by atoms with Crippen molar-refractivity contribution < 1.29 is 13.2 Å². The fourth-order valence-electron chi connectivity index (χ4n) is 3.55. The van der Waals surface area contributed by atoms with E-state index in [2.05, 4.69) is 27.3 Å². The molecule has 0 unspecified atom stereocenters. The number of hydrogen-bond donors (Lipinski definition) is 0. The molecule has 0 bridgehead atoms. The lowest BCUT2D eigenvalue weighted by molar-refractivity contribution is -0.137. The highest BCUT2D eigenvalue weighted by atomic mass is 19.4. The molecule has 0 aliphatic carbocycles. The van der Waals surface area contributed by atoms with E-state index in [1.54, 1.807) is 4.68 Å². The van der Waals surface area contributed by atoms with Gasteiger partial charge in [-0.15, -0.1) is 5.10 Å². The topological polar surface area (TPSA) is 34.0 Å². The molecule has 1 saturated heterocycles. The number of likely N-dealkylation sites (tertiary alicyclic amines) is 1. The van der Waals surface area contributed by atoms with Crippen LogP contribution in [0.4, 0.5) is 13.2 Å². The van der Waals surface area contributed by atoms with Crippen molar-refractivity contribution in [3.8, 4) is 0 Å². The average Bonchev–Trinajstić information content (AvgIpc) is 3.06. The lowest BCUT2D eigenvalue weighted by Crippen LogP contribution is -2.34. The number of alkyl halides is 3. The highest BCUT2D eigenvalue weighted by molar-refractivity contribution is 5.75. The van der Waals surface area contributed by atoms with E-state index in [1.165, 1.54) is 11.6 Å². The van der Waals surface area contributed by atoms with Gasteiger partial charge in [-0.05, 0) is 36.6 Å². The molecule has 4 nitrogen and oxygen atoms in total. The maximum atomic E-state index is 12.8. The van der Waals surface area contributed by atoms with Gasteiger partial charge in [0.05, 0.1) is 17.1 Å². The van der Waals surface area contributed by atoms with Crippen LogP contribution in [0.25, 0.3) is 11.0 Å². The smallest absolute Gasteiger partial charge is 0.299 e. The minimum Gasteiger partial charge on any atom is -0.299 e. The van der Waals surface area contributed by atoms with Gasteiger partial charge in [0.15, 0.2) is 0 Å². The van der Waals surface area contributed by atoms with Crippen LogP contribution in [0, 0.1) is 0 Å². The first-order valence-electron chi connectivity index (χ1n) is 8.69. The fourth-order valence-corrected chi connectivity index (χ4v) is 3.55. The molecule has 1 aliphatic rings. The predicted molar refractivity (Wildman–Crippen MR) is 92.5 cm³/mol. The average molecular weight is 360 g/mol. The Morgan fingerprint density at radius 3 is 2.42 bits per heavy atom. The molecule has 26 heavy (non-hydrogen) atoms. The first kappa shape index (κ1) is 17.0. The molecule has 2 heterocycles. The molecule has 0 amide bonds. The largest absolute Gasteiger partial charge is 0.416 e. The summed E-state index contributed by atoms with van der Waals surface area (Å²) in [6.45, 7) is 2.78. The van der Waals surface area contributed by atoms with Crippen LogP contribution in [0.1, 0.15) is 30.0 Å². The van der Waals surface area contributed by atoms with E-state index < -0.39 is 11.7 Å². The molecular weight excluding hydrogens is 341 g/mol. The lowest BCUT2D eigenvalue weighted by atomic mass is 10.0. The highest BCUT2D eigenvalue weighted by Crippen LogP contribution is 2.32. The molecule has 0 atom stereocenters. The van der Waals surface area contributed by atoms with Crippen LogP contribution in [0.15, 0.2) is 48.5 Å². The maximum absolute atomic E-state index is 12.8. The van der Waals surface area contributed by atoms with Gasteiger partial charge in [-0.3, -0.25) is 4.90 Å². The Kier molecular flexibility index (Phi) is 4.40. The first-order chi connectivity index (χ1) is 12.5. The van der Waals surface area contributed by atoms with Gasteiger partial charge in [0, 0.05) is 19.6 Å². The number of hydrogen-bond acceptors (Lipinski definition) is 3. The van der Waals surface area contributed by atoms with Crippen LogP contribution in [-0.4, -0.2) is 33.0 Å². The Balaban J connectivity index is 1.46. The van der Waals surface area contributed by atoms with Crippen molar-refractivity contribution >= 4 is 11.0 Å². The van der Waals surface area contributed by atoms with Crippen molar-refractivity contribution in [2.75, 3.05) is 13.1 Å². The van der Waals surface area contributed by atoms with E-state index in [4.69, 9.17) is 0 Å². The van der Waals surface area contributed by atoms with Crippen LogP contribution >= 0.6 is 0 Å². The van der Waals surface area contributed by atoms with Gasteiger partial charge in [0.2, 0.25) is 0 Å². The van der Waals surface area contributed by atoms with Crippen LogP contribution < -0.4 is 0 Å². The number of fused-ring (bicyclic) bond motifs is 1. The Hall–Kier alpha value is -2.41. The summed E-state index contributed by atoms with van der Waals surface area (Å²) in [5.74, 6) is 0. The molecular formula is C19H19F3N4. The van der Waals surface area contributed by atoms with Crippen molar-refractivity contribution in [3.63, 3.8) is 0 Å². The second-order valence-electron chi connectivity index (χ2n) is 6.73. The van der Waals surface area contributed by atoms with Gasteiger partial charge in [-0.25, -0.2) is 4.68 Å². The Morgan fingerprint density at radius 1 is 1.00 bits per heavy atom. The molecule has 0 N–H and O–H groups in total. The van der Waals surface area contributed by atoms with E-state index in [9.17, 15) is 13.2 Å². The summed E-state index contributed by atoms with van der Waals surface area (Å²) in [5, 5.41) is 8.09. The zero-order valence-corrected chi connectivity index (χ0v) is 14.2. The lowest BCUT2D eigenvalue weighted by Gasteiger charge is -2.32. The van der Waals surface area contributed by atoms with Crippen molar-refractivity contribution in [3.05, 3.63) is 59.7 Å². The number of piperidine rings is 1. The number of halogens is 3. The summed E-state index contributed by atoms with van der Waals surface area (Å²) in [7, 11) is 0. The zero-order valence-electron chi connectivity index (χ0n) is 14.2. The van der Waals surface area contributed by atoms with Gasteiger partial charge >= 0.3 is 6.18 Å². The summed E-state index contributed by atoms with van der Waals surface area (Å²) >= 11 is 0. The quantitative estimate of drug-likeness (QED) is 0.699. The molecule has 0 saturated carbocycles.